The quantitative estimate of drug-likeness (QED) is 0.0924. The Hall–Kier alpha value is -2.94. The molecule has 0 spiro atoms. The van der Waals surface area contributed by atoms with Gasteiger partial charge in [0.15, 0.2) is 5.78 Å². The number of anilines is 2. The van der Waals surface area contributed by atoms with Crippen LogP contribution in [0.2, 0.25) is 0 Å². The summed E-state index contributed by atoms with van der Waals surface area (Å²) in [6.45, 7) is 34.8. The first-order valence-corrected chi connectivity index (χ1v) is 23.2. The average molecular weight is 823 g/mol. The number of nitrogens with one attached hydrogen (secondary N) is 4. The largest absolute Gasteiger partial charge is 0.383 e. The standard InChI is InChI=1S/C14H21NO.C14H23N.C12H21NOS.C10H21NO/c1-10(2)9-14(16)12-7-5-6-8-13(12)15-11(3)4;1-11(2)9-10-13-7-5-6-8-14(13)15-12(3)4;1-8(2)7-11(14)10-5-6-15-12(10)13-9(3)4;1-8(2)7-10(12)5-6-11-9(3)4/h5-8,10-11,15H,9H2,1-4H3;5-8,11-12,15H,9-10H2,1-4H3;5-6,8-10,12-13H,7H2,1-4H3;8-9,11H,5-7H2,1-4H3. The Balaban J connectivity index is 0.000000751. The molecule has 0 aromatic heterocycles. The zero-order chi connectivity index (χ0) is 44.4. The van der Waals surface area contributed by atoms with E-state index in [1.807, 2.05) is 35.7 Å². The molecule has 2 aromatic rings. The van der Waals surface area contributed by atoms with Gasteiger partial charge in [-0.3, -0.25) is 14.4 Å². The Morgan fingerprint density at radius 3 is 1.66 bits per heavy atom. The molecule has 3 rings (SSSR count). The summed E-state index contributed by atoms with van der Waals surface area (Å²) >= 11 is 1.72. The molecule has 7 nitrogen and oxygen atoms in total. The highest BCUT2D eigenvalue weighted by atomic mass is 32.2. The van der Waals surface area contributed by atoms with Crippen LogP contribution in [0.15, 0.2) is 60.0 Å². The lowest BCUT2D eigenvalue weighted by atomic mass is 9.96. The predicted molar refractivity (Wildman–Crippen MR) is 256 cm³/mol. The fourth-order valence-corrected chi connectivity index (χ4v) is 7.21. The number of hydrogen-bond donors (Lipinski definition) is 4. The molecule has 0 aliphatic carbocycles. The summed E-state index contributed by atoms with van der Waals surface area (Å²) in [6.07, 6.45) is 7.17. The molecular formula is C50H86N4O3S. The number of para-hydroxylation sites is 2. The lowest BCUT2D eigenvalue weighted by Gasteiger charge is -2.21. The van der Waals surface area contributed by atoms with Gasteiger partial charge in [0, 0.05) is 73.3 Å². The van der Waals surface area contributed by atoms with Gasteiger partial charge in [-0.15, -0.1) is 11.8 Å². The first kappa shape index (κ1) is 55.1. The minimum Gasteiger partial charge on any atom is -0.383 e. The van der Waals surface area contributed by atoms with E-state index >= 15 is 0 Å². The highest BCUT2D eigenvalue weighted by Crippen LogP contribution is 2.30. The summed E-state index contributed by atoms with van der Waals surface area (Å²) in [6, 6.07) is 18.1. The van der Waals surface area contributed by atoms with Gasteiger partial charge >= 0.3 is 0 Å². The van der Waals surface area contributed by atoms with E-state index in [4.69, 9.17) is 0 Å². The van der Waals surface area contributed by atoms with Gasteiger partial charge in [-0.05, 0) is 107 Å². The van der Waals surface area contributed by atoms with E-state index in [0.717, 1.165) is 30.1 Å². The summed E-state index contributed by atoms with van der Waals surface area (Å²) < 4.78 is 0. The van der Waals surface area contributed by atoms with Gasteiger partial charge in [0.25, 0.3) is 0 Å². The minimum atomic E-state index is 0.0693. The summed E-state index contributed by atoms with van der Waals surface area (Å²) in [5, 5.41) is 15.7. The number of Topliss-reactive ketones (excluding diaryl/α,β-unsaturated/α-hetero) is 3. The van der Waals surface area contributed by atoms with Crippen LogP contribution >= 0.6 is 11.8 Å². The van der Waals surface area contributed by atoms with Crippen molar-refractivity contribution in [2.24, 2.45) is 29.6 Å². The molecule has 330 valence electrons. The molecule has 0 fully saturated rings. The third-order valence-corrected chi connectivity index (χ3v) is 9.66. The number of benzene rings is 2. The van der Waals surface area contributed by atoms with Crippen molar-refractivity contribution >= 4 is 40.5 Å². The molecule has 2 unspecified atom stereocenters. The smallest absolute Gasteiger partial charge is 0.165 e. The Bertz CT molecular complexity index is 1450. The normalized spacial score (nSPS) is 14.8. The zero-order valence-corrected chi connectivity index (χ0v) is 40.4. The van der Waals surface area contributed by atoms with E-state index in [9.17, 15) is 14.4 Å². The monoisotopic (exact) mass is 823 g/mol. The van der Waals surface area contributed by atoms with Gasteiger partial charge in [-0.25, -0.2) is 0 Å². The van der Waals surface area contributed by atoms with E-state index in [1.54, 1.807) is 11.8 Å². The second-order valence-electron chi connectivity index (χ2n) is 18.5. The van der Waals surface area contributed by atoms with Crippen LogP contribution < -0.4 is 21.3 Å². The molecule has 1 aliphatic rings. The van der Waals surface area contributed by atoms with E-state index in [2.05, 4.69) is 156 Å². The van der Waals surface area contributed by atoms with Crippen LogP contribution in [0.25, 0.3) is 0 Å². The molecule has 2 atom stereocenters. The van der Waals surface area contributed by atoms with Gasteiger partial charge in [-0.1, -0.05) is 106 Å². The number of carbonyl (C=O) groups is 3. The van der Waals surface area contributed by atoms with Crippen molar-refractivity contribution in [3.63, 3.8) is 0 Å². The number of rotatable bonds is 21. The van der Waals surface area contributed by atoms with Gasteiger partial charge in [-0.2, -0.15) is 0 Å². The number of ketones is 3. The molecule has 2 aromatic carbocycles. The maximum atomic E-state index is 12.0. The molecule has 0 amide bonds. The molecule has 1 aliphatic heterocycles. The van der Waals surface area contributed by atoms with Crippen molar-refractivity contribution in [1.29, 1.82) is 0 Å². The molecule has 0 radical (unpaired) electrons. The highest BCUT2D eigenvalue weighted by Gasteiger charge is 2.30. The highest BCUT2D eigenvalue weighted by molar-refractivity contribution is 8.03. The maximum absolute atomic E-state index is 12.0. The Kier molecular flexibility index (Phi) is 29.4. The molecule has 0 saturated heterocycles. The molecule has 0 saturated carbocycles. The van der Waals surface area contributed by atoms with Crippen LogP contribution in [0, 0.1) is 29.6 Å². The first-order chi connectivity index (χ1) is 27.1. The fraction of sp³-hybridized carbons (Fsp3) is 0.660. The second kappa shape index (κ2) is 31.0. The van der Waals surface area contributed by atoms with E-state index in [-0.39, 0.29) is 17.1 Å². The van der Waals surface area contributed by atoms with Gasteiger partial charge in [0.1, 0.15) is 11.6 Å². The van der Waals surface area contributed by atoms with Crippen molar-refractivity contribution < 1.29 is 14.4 Å². The van der Waals surface area contributed by atoms with Gasteiger partial charge in [0.2, 0.25) is 0 Å². The van der Waals surface area contributed by atoms with E-state index in [1.165, 1.54) is 24.1 Å². The Labute approximate surface area is 360 Å². The van der Waals surface area contributed by atoms with Crippen LogP contribution in [0.5, 0.6) is 0 Å². The molecular weight excluding hydrogens is 737 g/mol. The van der Waals surface area contributed by atoms with Crippen LogP contribution in [0.3, 0.4) is 0 Å². The predicted octanol–water partition coefficient (Wildman–Crippen LogP) is 12.6. The van der Waals surface area contributed by atoms with Crippen LogP contribution in [0.4, 0.5) is 11.4 Å². The van der Waals surface area contributed by atoms with Gasteiger partial charge < -0.3 is 21.3 Å². The van der Waals surface area contributed by atoms with E-state index in [0.29, 0.717) is 72.8 Å². The summed E-state index contributed by atoms with van der Waals surface area (Å²) in [4.78, 5) is 35.2. The Morgan fingerprint density at radius 2 is 1.14 bits per heavy atom. The van der Waals surface area contributed by atoms with E-state index < -0.39 is 0 Å². The summed E-state index contributed by atoms with van der Waals surface area (Å²) in [7, 11) is 0. The van der Waals surface area contributed by atoms with Crippen molar-refractivity contribution in [2.75, 3.05) is 17.2 Å². The number of aryl methyl sites for hydroxylation is 1. The summed E-state index contributed by atoms with van der Waals surface area (Å²) in [5.74, 6) is 3.16. The molecule has 4 N–H and O–H groups in total. The Morgan fingerprint density at radius 1 is 0.603 bits per heavy atom. The fourth-order valence-electron chi connectivity index (χ4n) is 6.02. The molecule has 1 heterocycles. The third-order valence-electron chi connectivity index (χ3n) is 8.63. The second-order valence-corrected chi connectivity index (χ2v) is 19.6. The first-order valence-electron chi connectivity index (χ1n) is 22.2. The molecule has 0 bridgehead atoms. The van der Waals surface area contributed by atoms with Crippen LogP contribution in [-0.4, -0.2) is 53.4 Å². The SMILES string of the molecule is CC(C)CC(=O)C1C=CSC1NC(C)C.CC(C)CC(=O)CCNC(C)C.CC(C)CC(=O)c1ccccc1NC(C)C.CC(C)CCc1ccccc1NC(C)C. The maximum Gasteiger partial charge on any atom is 0.165 e. The number of hydrogen-bond acceptors (Lipinski definition) is 8. The van der Waals surface area contributed by atoms with Crippen LogP contribution in [0.1, 0.15) is 159 Å². The minimum absolute atomic E-state index is 0.0693. The van der Waals surface area contributed by atoms with Crippen molar-refractivity contribution in [3.8, 4) is 0 Å². The van der Waals surface area contributed by atoms with Crippen molar-refractivity contribution in [2.45, 2.75) is 179 Å². The molecule has 58 heavy (non-hydrogen) atoms. The zero-order valence-electron chi connectivity index (χ0n) is 39.6. The van der Waals surface area contributed by atoms with Crippen molar-refractivity contribution in [1.82, 2.24) is 10.6 Å². The third kappa shape index (κ3) is 27.7. The number of thioether (sulfide) groups is 1. The lowest BCUT2D eigenvalue weighted by Crippen LogP contribution is -2.38. The summed E-state index contributed by atoms with van der Waals surface area (Å²) in [5.41, 5.74) is 4.50. The van der Waals surface area contributed by atoms with Gasteiger partial charge in [0.05, 0.1) is 11.3 Å². The topological polar surface area (TPSA) is 99.3 Å². The number of carbonyl (C=O) groups excluding carboxylic acids is 3. The molecule has 8 heteroatoms. The van der Waals surface area contributed by atoms with Crippen molar-refractivity contribution in [3.05, 3.63) is 71.1 Å². The van der Waals surface area contributed by atoms with Crippen LogP contribution in [-0.2, 0) is 16.0 Å². The average Bonchev–Trinajstić information content (AvgIpc) is 3.55. The lowest BCUT2D eigenvalue weighted by molar-refractivity contribution is -0.122.